The number of hydrogen-bond donors (Lipinski definition) is 3. The molecule has 2 amide bonds. The van der Waals surface area contributed by atoms with Crippen LogP contribution in [0.1, 0.15) is 46.5 Å². The summed E-state index contributed by atoms with van der Waals surface area (Å²) < 4.78 is 4.95. The van der Waals surface area contributed by atoms with Crippen LogP contribution in [0.2, 0.25) is 0 Å². The molecular formula is C20H34N2O5. The molecule has 154 valence electrons. The van der Waals surface area contributed by atoms with Crippen LogP contribution in [0.3, 0.4) is 0 Å². The Morgan fingerprint density at radius 1 is 1.22 bits per heavy atom. The quantitative estimate of drug-likeness (QED) is 0.374. The maximum absolute atomic E-state index is 12.1. The Morgan fingerprint density at radius 2 is 1.93 bits per heavy atom. The van der Waals surface area contributed by atoms with Crippen molar-refractivity contribution in [2.75, 3.05) is 26.8 Å². The number of carboxylic acid groups (broad SMARTS) is 1. The SMILES string of the molecule is COCCNC(=O)C[C@@H]1C[C@@H](C(C)C)[C@H](CNC(=O)CCC(=O)O)C=C1C. The van der Waals surface area contributed by atoms with E-state index in [0.717, 1.165) is 6.42 Å². The molecule has 0 aromatic carbocycles. The lowest BCUT2D eigenvalue weighted by Crippen LogP contribution is -2.38. The lowest BCUT2D eigenvalue weighted by atomic mass is 9.69. The van der Waals surface area contributed by atoms with Gasteiger partial charge in [-0.05, 0) is 37.0 Å². The number of carboxylic acids is 1. The van der Waals surface area contributed by atoms with E-state index in [1.54, 1.807) is 7.11 Å². The number of methoxy groups -OCH3 is 1. The lowest BCUT2D eigenvalue weighted by molar-refractivity contribution is -0.138. The Balaban J connectivity index is 2.63. The molecule has 1 aliphatic carbocycles. The molecule has 1 rings (SSSR count). The summed E-state index contributed by atoms with van der Waals surface area (Å²) in [5.41, 5.74) is 1.18. The molecule has 0 spiro atoms. The summed E-state index contributed by atoms with van der Waals surface area (Å²) in [7, 11) is 1.61. The maximum atomic E-state index is 12.1. The smallest absolute Gasteiger partial charge is 0.303 e. The molecule has 0 radical (unpaired) electrons. The van der Waals surface area contributed by atoms with Gasteiger partial charge in [0.1, 0.15) is 0 Å². The predicted octanol–water partition coefficient (Wildman–Crippen LogP) is 1.97. The van der Waals surface area contributed by atoms with Gasteiger partial charge >= 0.3 is 5.97 Å². The van der Waals surface area contributed by atoms with Crippen molar-refractivity contribution < 1.29 is 24.2 Å². The number of aliphatic carboxylic acids is 1. The summed E-state index contributed by atoms with van der Waals surface area (Å²) in [5, 5.41) is 14.4. The highest BCUT2D eigenvalue weighted by atomic mass is 16.5. The van der Waals surface area contributed by atoms with E-state index in [9.17, 15) is 14.4 Å². The van der Waals surface area contributed by atoms with Gasteiger partial charge < -0.3 is 20.5 Å². The van der Waals surface area contributed by atoms with Crippen molar-refractivity contribution in [3.63, 3.8) is 0 Å². The van der Waals surface area contributed by atoms with Crippen molar-refractivity contribution in [3.05, 3.63) is 11.6 Å². The third-order valence-corrected chi connectivity index (χ3v) is 5.24. The number of ether oxygens (including phenoxy) is 1. The highest BCUT2D eigenvalue weighted by molar-refractivity contribution is 5.80. The van der Waals surface area contributed by atoms with E-state index < -0.39 is 5.97 Å². The summed E-state index contributed by atoms with van der Waals surface area (Å²) >= 11 is 0. The number of amides is 2. The Bertz CT molecular complexity index is 544. The molecule has 1 aliphatic rings. The summed E-state index contributed by atoms with van der Waals surface area (Å²) in [4.78, 5) is 34.5. The van der Waals surface area contributed by atoms with E-state index in [1.807, 2.05) is 6.92 Å². The van der Waals surface area contributed by atoms with Crippen LogP contribution in [0.4, 0.5) is 0 Å². The molecule has 0 aliphatic heterocycles. The highest BCUT2D eigenvalue weighted by Crippen LogP contribution is 2.38. The van der Waals surface area contributed by atoms with Crippen molar-refractivity contribution >= 4 is 17.8 Å². The van der Waals surface area contributed by atoms with E-state index in [4.69, 9.17) is 9.84 Å². The summed E-state index contributed by atoms with van der Waals surface area (Å²) in [5.74, 6) is 0.0358. The first kappa shape index (κ1) is 23.1. The Kier molecular flexibility index (Phi) is 10.1. The molecule has 0 fully saturated rings. The van der Waals surface area contributed by atoms with Crippen LogP contribution in [-0.2, 0) is 19.1 Å². The average Bonchev–Trinajstić information content (AvgIpc) is 2.59. The van der Waals surface area contributed by atoms with E-state index >= 15 is 0 Å². The Morgan fingerprint density at radius 3 is 2.52 bits per heavy atom. The molecule has 0 unspecified atom stereocenters. The minimum Gasteiger partial charge on any atom is -0.481 e. The zero-order chi connectivity index (χ0) is 20.4. The first-order valence-electron chi connectivity index (χ1n) is 9.67. The second kappa shape index (κ2) is 11.7. The van der Waals surface area contributed by atoms with Gasteiger partial charge in [-0.15, -0.1) is 0 Å². The molecule has 7 nitrogen and oxygen atoms in total. The zero-order valence-electron chi connectivity index (χ0n) is 16.9. The molecular weight excluding hydrogens is 348 g/mol. The minimum atomic E-state index is -0.967. The molecule has 0 saturated heterocycles. The monoisotopic (exact) mass is 382 g/mol. The van der Waals surface area contributed by atoms with E-state index in [-0.39, 0.29) is 36.5 Å². The van der Waals surface area contributed by atoms with Gasteiger partial charge in [0.15, 0.2) is 0 Å². The molecule has 0 aromatic heterocycles. The molecule has 7 heteroatoms. The fraction of sp³-hybridized carbons (Fsp3) is 0.750. The first-order valence-corrected chi connectivity index (χ1v) is 9.67. The van der Waals surface area contributed by atoms with E-state index in [1.165, 1.54) is 5.57 Å². The summed E-state index contributed by atoms with van der Waals surface area (Å²) in [6.45, 7) is 7.89. The number of nitrogens with one attached hydrogen (secondary N) is 2. The van der Waals surface area contributed by atoms with E-state index in [2.05, 4.69) is 30.6 Å². The van der Waals surface area contributed by atoms with Crippen LogP contribution >= 0.6 is 0 Å². The van der Waals surface area contributed by atoms with Gasteiger partial charge in [-0.3, -0.25) is 14.4 Å². The van der Waals surface area contributed by atoms with Gasteiger partial charge in [0, 0.05) is 33.0 Å². The van der Waals surface area contributed by atoms with Gasteiger partial charge in [-0.25, -0.2) is 0 Å². The van der Waals surface area contributed by atoms with Crippen LogP contribution < -0.4 is 10.6 Å². The molecule has 0 saturated carbocycles. The largest absolute Gasteiger partial charge is 0.481 e. The summed E-state index contributed by atoms with van der Waals surface area (Å²) in [6, 6.07) is 0. The van der Waals surface area contributed by atoms with Crippen LogP contribution in [0, 0.1) is 23.7 Å². The number of rotatable bonds is 11. The normalized spacial score (nSPS) is 22.3. The number of hydrogen-bond acceptors (Lipinski definition) is 4. The van der Waals surface area contributed by atoms with Crippen LogP contribution in [0.15, 0.2) is 11.6 Å². The fourth-order valence-corrected chi connectivity index (χ4v) is 3.64. The standard InChI is InChI=1S/C20H34N2O5/c1-13(2)17-10-15(11-19(24)21-7-8-27-4)14(3)9-16(17)12-22-18(23)5-6-20(25)26/h9,13,15-17H,5-8,10-12H2,1-4H3,(H,21,24)(H,22,23)(H,25,26)/t15-,16-,17-/m0/s1. The highest BCUT2D eigenvalue weighted by Gasteiger charge is 2.32. The Labute approximate surface area is 161 Å². The third-order valence-electron chi connectivity index (χ3n) is 5.24. The van der Waals surface area contributed by atoms with Crippen LogP contribution in [0.25, 0.3) is 0 Å². The fourth-order valence-electron chi connectivity index (χ4n) is 3.64. The molecule has 3 atom stereocenters. The van der Waals surface area contributed by atoms with Gasteiger partial charge in [-0.1, -0.05) is 25.5 Å². The molecule has 0 bridgehead atoms. The molecule has 0 heterocycles. The number of carbonyl (C=O) groups excluding carboxylic acids is 2. The van der Waals surface area contributed by atoms with Crippen molar-refractivity contribution in [1.29, 1.82) is 0 Å². The van der Waals surface area contributed by atoms with Gasteiger partial charge in [0.25, 0.3) is 0 Å². The minimum absolute atomic E-state index is 0.00135. The third kappa shape index (κ3) is 8.56. The second-order valence-corrected chi connectivity index (χ2v) is 7.66. The second-order valence-electron chi connectivity index (χ2n) is 7.66. The first-order chi connectivity index (χ1) is 12.7. The van der Waals surface area contributed by atoms with Crippen molar-refractivity contribution in [2.24, 2.45) is 23.7 Å². The van der Waals surface area contributed by atoms with Gasteiger partial charge in [-0.2, -0.15) is 0 Å². The number of carbonyl (C=O) groups is 3. The topological polar surface area (TPSA) is 105 Å². The average molecular weight is 383 g/mol. The van der Waals surface area contributed by atoms with Crippen LogP contribution in [0.5, 0.6) is 0 Å². The van der Waals surface area contributed by atoms with Crippen molar-refractivity contribution in [1.82, 2.24) is 10.6 Å². The predicted molar refractivity (Wildman–Crippen MR) is 103 cm³/mol. The van der Waals surface area contributed by atoms with Crippen molar-refractivity contribution in [2.45, 2.75) is 46.5 Å². The Hall–Kier alpha value is -1.89. The molecule has 3 N–H and O–H groups in total. The molecule has 27 heavy (non-hydrogen) atoms. The van der Waals surface area contributed by atoms with E-state index in [0.29, 0.717) is 38.0 Å². The maximum Gasteiger partial charge on any atom is 0.303 e. The zero-order valence-corrected chi connectivity index (χ0v) is 16.9. The van der Waals surface area contributed by atoms with Gasteiger partial charge in [0.2, 0.25) is 11.8 Å². The van der Waals surface area contributed by atoms with Gasteiger partial charge in [0.05, 0.1) is 13.0 Å². The van der Waals surface area contributed by atoms with Crippen molar-refractivity contribution in [3.8, 4) is 0 Å². The summed E-state index contributed by atoms with van der Waals surface area (Å²) in [6.07, 6.45) is 3.40. The lowest BCUT2D eigenvalue weighted by Gasteiger charge is -2.37. The molecule has 0 aromatic rings. The van der Waals surface area contributed by atoms with Crippen LogP contribution in [-0.4, -0.2) is 49.7 Å². The number of allylic oxidation sites excluding steroid dienone is 1.